The van der Waals surface area contributed by atoms with E-state index in [1.165, 1.54) is 0 Å². The van der Waals surface area contributed by atoms with Crippen molar-refractivity contribution in [3.63, 3.8) is 0 Å². The first-order valence-corrected chi connectivity index (χ1v) is 6.08. The molecule has 0 aliphatic rings. The van der Waals surface area contributed by atoms with E-state index in [2.05, 4.69) is 6.58 Å². The van der Waals surface area contributed by atoms with E-state index >= 15 is 0 Å². The minimum absolute atomic E-state index is 0.294. The molecule has 0 unspecified atom stereocenters. The van der Waals surface area contributed by atoms with Crippen LogP contribution in [0.2, 0.25) is 0 Å². The van der Waals surface area contributed by atoms with E-state index < -0.39 is 5.97 Å². The summed E-state index contributed by atoms with van der Waals surface area (Å²) in [7, 11) is 0. The molecule has 3 heteroatoms. The normalized spacial score (nSPS) is 10.4. The molecule has 3 nitrogen and oxygen atoms in total. The summed E-state index contributed by atoms with van der Waals surface area (Å²) in [5.74, 6) is -1.01. The Morgan fingerprint density at radius 3 is 2.05 bits per heavy atom. The summed E-state index contributed by atoms with van der Waals surface area (Å²) in [6, 6.07) is 17.1. The first kappa shape index (κ1) is 13.6. The van der Waals surface area contributed by atoms with E-state index in [-0.39, 0.29) is 5.76 Å². The van der Waals surface area contributed by atoms with Gasteiger partial charge in [-0.25, -0.2) is 4.79 Å². The van der Waals surface area contributed by atoms with Crippen LogP contribution < -0.4 is 4.74 Å². The summed E-state index contributed by atoms with van der Waals surface area (Å²) in [5.41, 5.74) is 2.12. The molecule has 2 aromatic rings. The highest BCUT2D eigenvalue weighted by atomic mass is 16.5. The molecule has 0 radical (unpaired) electrons. The van der Waals surface area contributed by atoms with E-state index in [0.717, 1.165) is 11.1 Å². The molecule has 0 atom stereocenters. The quantitative estimate of drug-likeness (QED) is 0.508. The zero-order valence-electron chi connectivity index (χ0n) is 10.8. The molecule has 0 bridgehead atoms. The molecule has 0 saturated heterocycles. The van der Waals surface area contributed by atoms with E-state index in [9.17, 15) is 4.79 Å². The van der Waals surface area contributed by atoms with Gasteiger partial charge in [-0.05, 0) is 29.8 Å². The first-order valence-electron chi connectivity index (χ1n) is 6.08. The Morgan fingerprint density at radius 2 is 1.50 bits per heavy atom. The van der Waals surface area contributed by atoms with Crippen LogP contribution in [0.25, 0.3) is 12.2 Å². The lowest BCUT2D eigenvalue weighted by molar-refractivity contribution is -0.135. The van der Waals surface area contributed by atoms with Crippen LogP contribution in [0.4, 0.5) is 0 Å². The van der Waals surface area contributed by atoms with Crippen molar-refractivity contribution in [2.75, 3.05) is 0 Å². The minimum atomic E-state index is -1.17. The highest BCUT2D eigenvalue weighted by molar-refractivity contribution is 5.84. The van der Waals surface area contributed by atoms with Gasteiger partial charge in [0.05, 0.1) is 0 Å². The van der Waals surface area contributed by atoms with E-state index in [4.69, 9.17) is 9.84 Å². The van der Waals surface area contributed by atoms with E-state index in [1.54, 1.807) is 12.1 Å². The summed E-state index contributed by atoms with van der Waals surface area (Å²) in [6.45, 7) is 3.31. The monoisotopic (exact) mass is 266 g/mol. The topological polar surface area (TPSA) is 46.5 Å². The standard InChI is InChI=1S/C17H14O3/c1-13(17(18)19)20-16-11-9-15(10-12-16)8-7-14-5-3-2-4-6-14/h2-12H,1H2,(H,18,19)/b8-7+. The Hall–Kier alpha value is -2.81. The van der Waals surface area contributed by atoms with Gasteiger partial charge in [0.25, 0.3) is 0 Å². The SMILES string of the molecule is C=C(Oc1ccc(/C=C/c2ccccc2)cc1)C(=O)O. The zero-order valence-corrected chi connectivity index (χ0v) is 10.8. The Labute approximate surface area is 117 Å². The molecule has 100 valence electrons. The van der Waals surface area contributed by atoms with Gasteiger partial charge in [-0.15, -0.1) is 0 Å². The molecule has 0 aromatic heterocycles. The second kappa shape index (κ2) is 6.38. The van der Waals surface area contributed by atoms with Crippen LogP contribution in [0, 0.1) is 0 Å². The van der Waals surface area contributed by atoms with Crippen LogP contribution in [0.15, 0.2) is 66.9 Å². The largest absolute Gasteiger partial charge is 0.475 e. The van der Waals surface area contributed by atoms with Crippen LogP contribution in [-0.4, -0.2) is 11.1 Å². The van der Waals surface area contributed by atoms with Gasteiger partial charge in [0.15, 0.2) is 0 Å². The lowest BCUT2D eigenvalue weighted by atomic mass is 10.1. The van der Waals surface area contributed by atoms with Crippen molar-refractivity contribution in [3.8, 4) is 5.75 Å². The van der Waals surface area contributed by atoms with Crippen molar-refractivity contribution in [1.29, 1.82) is 0 Å². The number of benzene rings is 2. The predicted molar refractivity (Wildman–Crippen MR) is 79.2 cm³/mol. The Bertz CT molecular complexity index is 625. The van der Waals surface area contributed by atoms with Crippen molar-refractivity contribution in [2.24, 2.45) is 0 Å². The average molecular weight is 266 g/mol. The summed E-state index contributed by atoms with van der Waals surface area (Å²) in [5, 5.41) is 8.67. The van der Waals surface area contributed by atoms with E-state index in [0.29, 0.717) is 5.75 Å². The van der Waals surface area contributed by atoms with E-state index in [1.807, 2.05) is 54.6 Å². The smallest absolute Gasteiger partial charge is 0.371 e. The molecule has 0 amide bonds. The number of carboxylic acid groups (broad SMARTS) is 1. The second-order valence-electron chi connectivity index (χ2n) is 4.14. The summed E-state index contributed by atoms with van der Waals surface area (Å²) < 4.78 is 5.08. The number of hydrogen-bond acceptors (Lipinski definition) is 2. The fourth-order valence-corrected chi connectivity index (χ4v) is 1.59. The van der Waals surface area contributed by atoms with Gasteiger partial charge in [-0.3, -0.25) is 0 Å². The third kappa shape index (κ3) is 3.85. The highest BCUT2D eigenvalue weighted by Gasteiger charge is 2.05. The van der Waals surface area contributed by atoms with Crippen molar-refractivity contribution in [1.82, 2.24) is 0 Å². The fourth-order valence-electron chi connectivity index (χ4n) is 1.59. The average Bonchev–Trinajstić information content (AvgIpc) is 2.47. The fraction of sp³-hybridized carbons (Fsp3) is 0. The molecule has 0 saturated carbocycles. The molecule has 2 rings (SSSR count). The van der Waals surface area contributed by atoms with Crippen molar-refractivity contribution >= 4 is 18.1 Å². The summed E-state index contributed by atoms with van der Waals surface area (Å²) in [6.07, 6.45) is 3.98. The maximum atomic E-state index is 10.6. The van der Waals surface area contributed by atoms with Crippen LogP contribution in [0.1, 0.15) is 11.1 Å². The molecule has 20 heavy (non-hydrogen) atoms. The van der Waals surface area contributed by atoms with Gasteiger partial charge in [-0.1, -0.05) is 54.6 Å². The molecular weight excluding hydrogens is 252 g/mol. The maximum absolute atomic E-state index is 10.6. The molecule has 2 aromatic carbocycles. The predicted octanol–water partition coefficient (Wildman–Crippen LogP) is 3.83. The van der Waals surface area contributed by atoms with Gasteiger partial charge in [0.1, 0.15) is 5.75 Å². The maximum Gasteiger partial charge on any atom is 0.371 e. The van der Waals surface area contributed by atoms with Crippen molar-refractivity contribution in [3.05, 3.63) is 78.1 Å². The van der Waals surface area contributed by atoms with Crippen molar-refractivity contribution in [2.45, 2.75) is 0 Å². The third-order valence-electron chi connectivity index (χ3n) is 2.63. The Kier molecular flexibility index (Phi) is 4.35. The van der Waals surface area contributed by atoms with Crippen LogP contribution >= 0.6 is 0 Å². The molecule has 0 heterocycles. The molecular formula is C17H14O3. The summed E-state index contributed by atoms with van der Waals surface area (Å²) in [4.78, 5) is 10.6. The molecule has 0 spiro atoms. The number of aliphatic carboxylic acids is 1. The molecule has 0 aliphatic carbocycles. The third-order valence-corrected chi connectivity index (χ3v) is 2.63. The minimum Gasteiger partial charge on any atom is -0.475 e. The number of ether oxygens (including phenoxy) is 1. The summed E-state index contributed by atoms with van der Waals surface area (Å²) >= 11 is 0. The van der Waals surface area contributed by atoms with Gasteiger partial charge >= 0.3 is 5.97 Å². The number of hydrogen-bond donors (Lipinski definition) is 1. The number of carboxylic acids is 1. The van der Waals surface area contributed by atoms with Crippen LogP contribution in [-0.2, 0) is 4.79 Å². The highest BCUT2D eigenvalue weighted by Crippen LogP contribution is 2.16. The van der Waals surface area contributed by atoms with Crippen LogP contribution in [0.3, 0.4) is 0 Å². The Morgan fingerprint density at radius 1 is 0.950 bits per heavy atom. The molecule has 1 N–H and O–H groups in total. The zero-order chi connectivity index (χ0) is 14.4. The second-order valence-corrected chi connectivity index (χ2v) is 4.14. The number of rotatable bonds is 5. The molecule has 0 aliphatic heterocycles. The lowest BCUT2D eigenvalue weighted by Crippen LogP contribution is -2.05. The van der Waals surface area contributed by atoms with Gasteiger partial charge in [-0.2, -0.15) is 0 Å². The van der Waals surface area contributed by atoms with Gasteiger partial charge in [0, 0.05) is 0 Å². The van der Waals surface area contributed by atoms with Crippen LogP contribution in [0.5, 0.6) is 5.75 Å². The Balaban J connectivity index is 2.03. The van der Waals surface area contributed by atoms with Gasteiger partial charge < -0.3 is 9.84 Å². The first-order chi connectivity index (χ1) is 9.65. The van der Waals surface area contributed by atoms with Crippen molar-refractivity contribution < 1.29 is 14.6 Å². The molecule has 0 fully saturated rings. The van der Waals surface area contributed by atoms with Gasteiger partial charge in [0.2, 0.25) is 5.76 Å². The lowest BCUT2D eigenvalue weighted by Gasteiger charge is -2.04. The number of carbonyl (C=O) groups is 1.